The van der Waals surface area contributed by atoms with E-state index in [4.69, 9.17) is 5.73 Å². The minimum atomic E-state index is -4.57. The molecule has 0 rings (SSSR count). The van der Waals surface area contributed by atoms with Crippen molar-refractivity contribution in [1.82, 2.24) is 9.80 Å². The molecule has 0 aromatic rings. The summed E-state index contributed by atoms with van der Waals surface area (Å²) in [4.78, 5) is 25.1. The lowest BCUT2D eigenvalue weighted by atomic mass is 10.0. The van der Waals surface area contributed by atoms with E-state index in [0.29, 0.717) is 4.90 Å². The van der Waals surface area contributed by atoms with Crippen LogP contribution in [0, 0.1) is 5.92 Å². The van der Waals surface area contributed by atoms with Crippen molar-refractivity contribution in [3.8, 4) is 0 Å². The first-order chi connectivity index (χ1) is 8.94. The zero-order chi connectivity index (χ0) is 16.1. The average molecular weight is 297 g/mol. The molecule has 0 radical (unpaired) electrons. The van der Waals surface area contributed by atoms with Crippen LogP contribution in [0.3, 0.4) is 0 Å². The maximum absolute atomic E-state index is 12.5. The zero-order valence-corrected chi connectivity index (χ0v) is 12.2. The van der Waals surface area contributed by atoms with E-state index in [1.807, 2.05) is 13.8 Å². The van der Waals surface area contributed by atoms with E-state index in [0.717, 1.165) is 4.90 Å². The molecule has 2 N–H and O–H groups in total. The second-order valence-corrected chi connectivity index (χ2v) is 5.33. The Morgan fingerprint density at radius 3 is 2.05 bits per heavy atom. The number of nitrogens with zero attached hydrogens (tertiary/aromatic N) is 2. The molecule has 0 aromatic heterocycles. The molecule has 20 heavy (non-hydrogen) atoms. The average Bonchev–Trinajstić information content (AvgIpc) is 2.23. The normalized spacial score (nSPS) is 13.2. The van der Waals surface area contributed by atoms with E-state index >= 15 is 0 Å². The molecule has 1 atom stereocenters. The van der Waals surface area contributed by atoms with Crippen LogP contribution in [0.5, 0.6) is 0 Å². The smallest absolute Gasteiger partial charge is 0.347 e. The van der Waals surface area contributed by atoms with Crippen molar-refractivity contribution >= 4 is 11.8 Å². The van der Waals surface area contributed by atoms with E-state index in [2.05, 4.69) is 0 Å². The van der Waals surface area contributed by atoms with Crippen molar-refractivity contribution in [1.29, 1.82) is 0 Å². The van der Waals surface area contributed by atoms with Gasteiger partial charge in [0, 0.05) is 14.1 Å². The number of likely N-dealkylation sites (N-methyl/N-ethyl adjacent to an activating group) is 1. The monoisotopic (exact) mass is 297 g/mol. The molecule has 0 aliphatic carbocycles. The lowest BCUT2D eigenvalue weighted by Crippen LogP contribution is -2.51. The van der Waals surface area contributed by atoms with E-state index in [1.54, 1.807) is 0 Å². The number of hydrogen-bond donors (Lipinski definition) is 1. The summed E-state index contributed by atoms with van der Waals surface area (Å²) >= 11 is 0. The highest BCUT2D eigenvalue weighted by Gasteiger charge is 2.35. The quantitative estimate of drug-likeness (QED) is 0.790. The summed E-state index contributed by atoms with van der Waals surface area (Å²) in [5.74, 6) is -1.36. The van der Waals surface area contributed by atoms with Gasteiger partial charge >= 0.3 is 6.18 Å². The Hall–Kier alpha value is -1.31. The third-order valence-corrected chi connectivity index (χ3v) is 2.55. The van der Waals surface area contributed by atoms with Crippen LogP contribution in [0.4, 0.5) is 13.2 Å². The van der Waals surface area contributed by atoms with Crippen molar-refractivity contribution in [3.05, 3.63) is 0 Å². The maximum atomic E-state index is 12.5. The summed E-state index contributed by atoms with van der Waals surface area (Å²) in [5, 5.41) is 0. The number of alkyl halides is 3. The summed E-state index contributed by atoms with van der Waals surface area (Å²) in [6.07, 6.45) is -4.30. The molecule has 0 bridgehead atoms. The summed E-state index contributed by atoms with van der Waals surface area (Å²) in [6, 6.07) is -1.03. The van der Waals surface area contributed by atoms with Crippen molar-refractivity contribution in [2.24, 2.45) is 11.7 Å². The standard InChI is InChI=1S/C12H22F3N3O2/c1-8(2)5-9(16)11(20)18(7-12(13,14)15)6-10(19)17(3)4/h8-9H,5-7,16H2,1-4H3. The number of carbonyl (C=O) groups excluding carboxylic acids is 2. The maximum Gasteiger partial charge on any atom is 0.406 e. The first-order valence-electron chi connectivity index (χ1n) is 6.25. The van der Waals surface area contributed by atoms with Crippen molar-refractivity contribution < 1.29 is 22.8 Å². The van der Waals surface area contributed by atoms with Gasteiger partial charge in [0.1, 0.15) is 13.1 Å². The Bertz CT molecular complexity index is 343. The molecule has 2 amide bonds. The molecule has 5 nitrogen and oxygen atoms in total. The third-order valence-electron chi connectivity index (χ3n) is 2.55. The largest absolute Gasteiger partial charge is 0.406 e. The molecule has 8 heteroatoms. The molecule has 0 spiro atoms. The van der Waals surface area contributed by atoms with Crippen LogP contribution in [-0.2, 0) is 9.59 Å². The van der Waals surface area contributed by atoms with Crippen LogP contribution in [0.15, 0.2) is 0 Å². The predicted octanol–water partition coefficient (Wildman–Crippen LogP) is 0.839. The Balaban J connectivity index is 4.92. The molecule has 0 heterocycles. The van der Waals surface area contributed by atoms with Crippen LogP contribution in [0.25, 0.3) is 0 Å². The van der Waals surface area contributed by atoms with E-state index < -0.39 is 37.1 Å². The third kappa shape index (κ3) is 7.32. The van der Waals surface area contributed by atoms with Gasteiger partial charge in [0.2, 0.25) is 11.8 Å². The summed E-state index contributed by atoms with van der Waals surface area (Å²) in [5.41, 5.74) is 5.61. The number of nitrogens with two attached hydrogens (primary N) is 1. The Morgan fingerprint density at radius 2 is 1.70 bits per heavy atom. The van der Waals surface area contributed by atoms with E-state index in [-0.39, 0.29) is 12.3 Å². The summed E-state index contributed by atoms with van der Waals surface area (Å²) in [6.45, 7) is 1.52. The molecule has 0 aromatic carbocycles. The van der Waals surface area contributed by atoms with Gasteiger partial charge in [0.05, 0.1) is 6.04 Å². The van der Waals surface area contributed by atoms with Gasteiger partial charge in [-0.05, 0) is 12.3 Å². The Labute approximate surface area is 116 Å². The molecule has 118 valence electrons. The molecule has 0 saturated carbocycles. The van der Waals surface area contributed by atoms with Gasteiger partial charge in [-0.1, -0.05) is 13.8 Å². The first kappa shape index (κ1) is 18.7. The van der Waals surface area contributed by atoms with Gasteiger partial charge in [0.15, 0.2) is 0 Å². The molecule has 1 unspecified atom stereocenters. The Morgan fingerprint density at radius 1 is 1.20 bits per heavy atom. The number of hydrogen-bond acceptors (Lipinski definition) is 3. The minimum absolute atomic E-state index is 0.0752. The highest BCUT2D eigenvalue weighted by atomic mass is 19.4. The van der Waals surface area contributed by atoms with Crippen LogP contribution in [0.1, 0.15) is 20.3 Å². The number of halogens is 3. The van der Waals surface area contributed by atoms with Crippen LogP contribution >= 0.6 is 0 Å². The SMILES string of the molecule is CC(C)CC(N)C(=O)N(CC(=O)N(C)C)CC(F)(F)F. The van der Waals surface area contributed by atoms with Gasteiger partial charge in [-0.15, -0.1) is 0 Å². The van der Waals surface area contributed by atoms with E-state index in [1.165, 1.54) is 14.1 Å². The van der Waals surface area contributed by atoms with Crippen LogP contribution in [-0.4, -0.2) is 61.0 Å². The van der Waals surface area contributed by atoms with Crippen LogP contribution < -0.4 is 5.73 Å². The lowest BCUT2D eigenvalue weighted by molar-refractivity contribution is -0.164. The van der Waals surface area contributed by atoms with Crippen molar-refractivity contribution in [3.63, 3.8) is 0 Å². The van der Waals surface area contributed by atoms with Gasteiger partial charge < -0.3 is 15.5 Å². The fraction of sp³-hybridized carbons (Fsp3) is 0.833. The summed E-state index contributed by atoms with van der Waals surface area (Å²) in [7, 11) is 2.82. The highest BCUT2D eigenvalue weighted by molar-refractivity contribution is 5.87. The zero-order valence-electron chi connectivity index (χ0n) is 12.2. The fourth-order valence-electron chi connectivity index (χ4n) is 1.58. The van der Waals surface area contributed by atoms with E-state index in [9.17, 15) is 22.8 Å². The van der Waals surface area contributed by atoms with Gasteiger partial charge in [-0.3, -0.25) is 9.59 Å². The number of rotatable bonds is 6. The van der Waals surface area contributed by atoms with Crippen molar-refractivity contribution in [2.75, 3.05) is 27.2 Å². The highest BCUT2D eigenvalue weighted by Crippen LogP contribution is 2.17. The second-order valence-electron chi connectivity index (χ2n) is 5.33. The molecule has 0 fully saturated rings. The topological polar surface area (TPSA) is 66.6 Å². The first-order valence-corrected chi connectivity index (χ1v) is 6.25. The summed E-state index contributed by atoms with van der Waals surface area (Å²) < 4.78 is 37.5. The fourth-order valence-corrected chi connectivity index (χ4v) is 1.58. The number of amides is 2. The molecule has 0 aliphatic rings. The number of carbonyl (C=O) groups is 2. The van der Waals surface area contributed by atoms with Crippen molar-refractivity contribution in [2.45, 2.75) is 32.5 Å². The van der Waals surface area contributed by atoms with Crippen LogP contribution in [0.2, 0.25) is 0 Å². The van der Waals surface area contributed by atoms with Gasteiger partial charge in [-0.2, -0.15) is 13.2 Å². The Kier molecular flexibility index (Phi) is 6.98. The van der Waals surface area contributed by atoms with Gasteiger partial charge in [-0.25, -0.2) is 0 Å². The lowest BCUT2D eigenvalue weighted by Gasteiger charge is -2.27. The minimum Gasteiger partial charge on any atom is -0.347 e. The predicted molar refractivity (Wildman–Crippen MR) is 68.8 cm³/mol. The molecule has 0 aliphatic heterocycles. The molecular weight excluding hydrogens is 275 g/mol. The second kappa shape index (κ2) is 7.47. The molecule has 0 saturated heterocycles. The van der Waals surface area contributed by atoms with Gasteiger partial charge in [0.25, 0.3) is 0 Å². The molecular formula is C12H22F3N3O2.